The first-order valence-corrected chi connectivity index (χ1v) is 7.43. The molecule has 1 aliphatic rings. The highest BCUT2D eigenvalue weighted by Gasteiger charge is 2.33. The number of rotatable bonds is 1. The van der Waals surface area contributed by atoms with Crippen LogP contribution in [0.5, 0.6) is 0 Å². The average Bonchev–Trinajstić information content (AvgIpc) is 2.41. The van der Waals surface area contributed by atoms with E-state index in [2.05, 4.69) is 9.98 Å². The Balaban J connectivity index is 0.00000192. The van der Waals surface area contributed by atoms with Crippen LogP contribution in [0.2, 0.25) is 10.0 Å². The molecule has 0 saturated carbocycles. The number of benzene rings is 2. The van der Waals surface area contributed by atoms with Crippen molar-refractivity contribution >= 4 is 64.0 Å². The molecule has 2 aromatic rings. The van der Waals surface area contributed by atoms with Gasteiger partial charge in [0.2, 0.25) is 11.9 Å². The lowest BCUT2D eigenvalue weighted by molar-refractivity contribution is 0.534. The smallest absolute Gasteiger partial charge is 0.220 e. The predicted octanol–water partition coefficient (Wildman–Crippen LogP) is 3.75. The van der Waals surface area contributed by atoms with Crippen molar-refractivity contribution in [1.82, 2.24) is 0 Å². The zero-order valence-corrected chi connectivity index (χ0v) is 14.9. The summed E-state index contributed by atoms with van der Waals surface area (Å²) in [4.78, 5) is 10.2. The van der Waals surface area contributed by atoms with Gasteiger partial charge in [-0.2, -0.15) is 4.99 Å². The highest BCUT2D eigenvalue weighted by molar-refractivity contribution is 6.45. The van der Waals surface area contributed by atoms with Gasteiger partial charge in [-0.1, -0.05) is 35.3 Å². The fourth-order valence-electron chi connectivity index (χ4n) is 2.64. The van der Waals surface area contributed by atoms with Crippen LogP contribution < -0.4 is 16.4 Å². The Morgan fingerprint density at radius 2 is 1.78 bits per heavy atom. The Labute approximate surface area is 150 Å². The Morgan fingerprint density at radius 1 is 1.09 bits per heavy atom. The maximum absolute atomic E-state index is 6.24. The fourth-order valence-corrected chi connectivity index (χ4v) is 3.04. The SMILES string of the molecule is CC1(C)N=C(N)N=C(N)N1c1ccc2c(Cl)c(Cl)ccc2c1.Cl. The number of guanidine groups is 2. The standard InChI is InChI=1S/C15H15Cl2N5.ClH/c1-15(2)21-13(18)20-14(19)22(15)9-4-5-10-8(7-9)3-6-11(16)12(10)17;/h3-7H,1-2H3,(H4,18,19,20,21);1H. The van der Waals surface area contributed by atoms with E-state index in [0.29, 0.717) is 16.0 Å². The number of hydrogen-bond donors (Lipinski definition) is 2. The molecule has 2 aromatic carbocycles. The van der Waals surface area contributed by atoms with E-state index in [9.17, 15) is 0 Å². The third kappa shape index (κ3) is 3.04. The molecule has 1 heterocycles. The second-order valence-corrected chi connectivity index (χ2v) is 6.32. The van der Waals surface area contributed by atoms with E-state index in [1.807, 2.05) is 43.0 Å². The lowest BCUT2D eigenvalue weighted by Crippen LogP contribution is -2.54. The monoisotopic (exact) mass is 371 g/mol. The van der Waals surface area contributed by atoms with Gasteiger partial charge in [-0.25, -0.2) is 4.99 Å². The summed E-state index contributed by atoms with van der Waals surface area (Å²) in [6.07, 6.45) is 0. The molecule has 0 unspecified atom stereocenters. The highest BCUT2D eigenvalue weighted by atomic mass is 35.5. The largest absolute Gasteiger partial charge is 0.369 e. The summed E-state index contributed by atoms with van der Waals surface area (Å²) in [5, 5.41) is 2.90. The fraction of sp³-hybridized carbons (Fsp3) is 0.200. The Bertz CT molecular complexity index is 829. The van der Waals surface area contributed by atoms with Crippen LogP contribution in [-0.2, 0) is 0 Å². The molecule has 0 aliphatic carbocycles. The van der Waals surface area contributed by atoms with Crippen molar-refractivity contribution < 1.29 is 0 Å². The van der Waals surface area contributed by atoms with Gasteiger partial charge in [0.05, 0.1) is 10.0 Å². The van der Waals surface area contributed by atoms with Crippen LogP contribution in [0.1, 0.15) is 13.8 Å². The van der Waals surface area contributed by atoms with Crippen LogP contribution in [0.3, 0.4) is 0 Å². The Hall–Kier alpha value is -1.69. The molecule has 4 N–H and O–H groups in total. The Kier molecular flexibility index (Phi) is 4.66. The normalized spacial score (nSPS) is 16.6. The molecule has 5 nitrogen and oxygen atoms in total. The van der Waals surface area contributed by atoms with Crippen LogP contribution in [0, 0.1) is 0 Å². The molecule has 0 bridgehead atoms. The van der Waals surface area contributed by atoms with Gasteiger partial charge in [-0.3, -0.25) is 4.90 Å². The predicted molar refractivity (Wildman–Crippen MR) is 101 cm³/mol. The maximum Gasteiger partial charge on any atom is 0.220 e. The molecule has 0 amide bonds. The summed E-state index contributed by atoms with van der Waals surface area (Å²) in [6, 6.07) is 9.47. The van der Waals surface area contributed by atoms with Gasteiger partial charge in [0.15, 0.2) is 0 Å². The summed E-state index contributed by atoms with van der Waals surface area (Å²) in [5.74, 6) is 0.478. The van der Waals surface area contributed by atoms with E-state index < -0.39 is 5.66 Å². The summed E-state index contributed by atoms with van der Waals surface area (Å²) in [6.45, 7) is 3.83. The zero-order chi connectivity index (χ0) is 16.1. The number of fused-ring (bicyclic) bond motifs is 1. The molecule has 0 saturated heterocycles. The number of hydrogen-bond acceptors (Lipinski definition) is 5. The average molecular weight is 373 g/mol. The molecule has 1 aliphatic heterocycles. The number of aliphatic imine (C=N–C) groups is 2. The molecule has 0 aromatic heterocycles. The Morgan fingerprint density at radius 3 is 2.43 bits per heavy atom. The third-order valence-electron chi connectivity index (χ3n) is 3.54. The summed E-state index contributed by atoms with van der Waals surface area (Å²) < 4.78 is 0. The summed E-state index contributed by atoms with van der Waals surface area (Å²) >= 11 is 12.3. The minimum atomic E-state index is -0.625. The second kappa shape index (κ2) is 6.07. The molecular formula is C15H16Cl3N5. The van der Waals surface area contributed by atoms with E-state index >= 15 is 0 Å². The number of halogens is 3. The van der Waals surface area contributed by atoms with Crippen molar-refractivity contribution in [3.63, 3.8) is 0 Å². The summed E-state index contributed by atoms with van der Waals surface area (Å²) in [7, 11) is 0. The van der Waals surface area contributed by atoms with Crippen molar-refractivity contribution in [1.29, 1.82) is 0 Å². The van der Waals surface area contributed by atoms with Crippen LogP contribution in [0.4, 0.5) is 5.69 Å². The third-order valence-corrected chi connectivity index (χ3v) is 4.36. The molecule has 0 atom stereocenters. The zero-order valence-electron chi connectivity index (χ0n) is 12.5. The van der Waals surface area contributed by atoms with Crippen molar-refractivity contribution in [2.75, 3.05) is 4.90 Å². The number of nitrogens with two attached hydrogens (primary N) is 2. The molecule has 0 fully saturated rings. The van der Waals surface area contributed by atoms with Crippen LogP contribution >= 0.6 is 35.6 Å². The van der Waals surface area contributed by atoms with E-state index in [4.69, 9.17) is 34.7 Å². The molecule has 8 heteroatoms. The lowest BCUT2D eigenvalue weighted by atomic mass is 10.1. The van der Waals surface area contributed by atoms with Gasteiger partial charge in [-0.05, 0) is 37.4 Å². The maximum atomic E-state index is 6.24. The quantitative estimate of drug-likeness (QED) is 0.800. The summed E-state index contributed by atoms with van der Waals surface area (Å²) in [5.41, 5.74) is 12.0. The van der Waals surface area contributed by atoms with E-state index in [1.54, 1.807) is 6.07 Å². The highest BCUT2D eigenvalue weighted by Crippen LogP contribution is 2.35. The van der Waals surface area contributed by atoms with Gasteiger partial charge in [0.1, 0.15) is 5.66 Å². The van der Waals surface area contributed by atoms with Crippen LogP contribution in [-0.4, -0.2) is 17.6 Å². The first kappa shape index (κ1) is 17.7. The van der Waals surface area contributed by atoms with Crippen molar-refractivity contribution in [3.05, 3.63) is 40.4 Å². The van der Waals surface area contributed by atoms with Gasteiger partial charge in [0, 0.05) is 11.1 Å². The van der Waals surface area contributed by atoms with E-state index in [1.165, 1.54) is 0 Å². The topological polar surface area (TPSA) is 80.0 Å². The first-order chi connectivity index (χ1) is 10.3. The van der Waals surface area contributed by atoms with Gasteiger partial charge in [0.25, 0.3) is 0 Å². The first-order valence-electron chi connectivity index (χ1n) is 6.67. The van der Waals surface area contributed by atoms with Crippen molar-refractivity contribution in [2.24, 2.45) is 21.5 Å². The van der Waals surface area contributed by atoms with Gasteiger partial charge < -0.3 is 11.5 Å². The molecular weight excluding hydrogens is 357 g/mol. The number of anilines is 1. The molecule has 23 heavy (non-hydrogen) atoms. The molecule has 3 rings (SSSR count). The van der Waals surface area contributed by atoms with Gasteiger partial charge in [-0.15, -0.1) is 12.4 Å². The molecule has 122 valence electrons. The lowest BCUT2D eigenvalue weighted by Gasteiger charge is -2.38. The molecule has 0 spiro atoms. The van der Waals surface area contributed by atoms with E-state index in [0.717, 1.165) is 16.5 Å². The van der Waals surface area contributed by atoms with Gasteiger partial charge >= 0.3 is 0 Å². The number of nitrogens with zero attached hydrogens (tertiary/aromatic N) is 3. The van der Waals surface area contributed by atoms with Crippen LogP contribution in [0.25, 0.3) is 10.8 Å². The minimum absolute atomic E-state index is 0. The molecule has 0 radical (unpaired) electrons. The minimum Gasteiger partial charge on any atom is -0.369 e. The van der Waals surface area contributed by atoms with E-state index in [-0.39, 0.29) is 18.4 Å². The van der Waals surface area contributed by atoms with Crippen molar-refractivity contribution in [2.45, 2.75) is 19.5 Å². The van der Waals surface area contributed by atoms with Crippen LogP contribution in [0.15, 0.2) is 40.3 Å². The second-order valence-electron chi connectivity index (χ2n) is 5.54. The van der Waals surface area contributed by atoms with Crippen molar-refractivity contribution in [3.8, 4) is 0 Å².